The normalized spacial score (nSPS) is 26.2. The quantitative estimate of drug-likeness (QED) is 0.428. The van der Waals surface area contributed by atoms with Gasteiger partial charge in [-0.3, -0.25) is 9.69 Å². The third-order valence-corrected chi connectivity index (χ3v) is 4.04. The molecule has 4 nitrogen and oxygen atoms in total. The fraction of sp³-hybridized carbons (Fsp3) is 0.824. The number of ether oxygens (including phenoxy) is 2. The van der Waals surface area contributed by atoms with E-state index in [1.54, 1.807) is 0 Å². The molecule has 2 unspecified atom stereocenters. The first-order valence-electron chi connectivity index (χ1n) is 8.26. The topological polar surface area (TPSA) is 38.8 Å². The maximum atomic E-state index is 11.8. The number of hydrogen-bond donors (Lipinski definition) is 0. The van der Waals surface area contributed by atoms with Crippen LogP contribution in [0.2, 0.25) is 0 Å². The molecule has 2 saturated heterocycles. The summed E-state index contributed by atoms with van der Waals surface area (Å²) in [6.45, 7) is 6.49. The summed E-state index contributed by atoms with van der Waals surface area (Å²) in [5.41, 5.74) is 0. The number of likely N-dealkylation sites (tertiary alicyclic amines) is 1. The molecule has 0 saturated carbocycles. The van der Waals surface area contributed by atoms with E-state index in [1.165, 1.54) is 19.3 Å². The zero-order valence-corrected chi connectivity index (χ0v) is 13.1. The zero-order chi connectivity index (χ0) is 14.9. The maximum absolute atomic E-state index is 11.8. The molecule has 2 fully saturated rings. The van der Waals surface area contributed by atoms with Crippen molar-refractivity contribution in [3.8, 4) is 11.8 Å². The average Bonchev–Trinajstić information content (AvgIpc) is 2.85. The Morgan fingerprint density at radius 1 is 1.29 bits per heavy atom. The molecule has 4 heteroatoms. The molecular weight excluding hydrogens is 266 g/mol. The fourth-order valence-electron chi connectivity index (χ4n) is 2.83. The second kappa shape index (κ2) is 9.07. The number of hydrogen-bond acceptors (Lipinski definition) is 4. The summed E-state index contributed by atoms with van der Waals surface area (Å²) in [7, 11) is 0. The monoisotopic (exact) mass is 293 g/mol. The highest BCUT2D eigenvalue weighted by Crippen LogP contribution is 2.24. The lowest BCUT2D eigenvalue weighted by Gasteiger charge is -2.23. The van der Waals surface area contributed by atoms with Crippen molar-refractivity contribution in [3.63, 3.8) is 0 Å². The van der Waals surface area contributed by atoms with Crippen LogP contribution in [0, 0.1) is 17.8 Å². The molecule has 2 heterocycles. The van der Waals surface area contributed by atoms with Crippen LogP contribution in [0.15, 0.2) is 0 Å². The van der Waals surface area contributed by atoms with Crippen molar-refractivity contribution < 1.29 is 14.3 Å². The number of carbonyl (C=O) groups is 1. The number of carbonyl (C=O) groups excluding carboxylic acids is 1. The van der Waals surface area contributed by atoms with Gasteiger partial charge in [0.2, 0.25) is 0 Å². The summed E-state index contributed by atoms with van der Waals surface area (Å²) in [6, 6.07) is 0. The van der Waals surface area contributed by atoms with Gasteiger partial charge in [0.25, 0.3) is 0 Å². The van der Waals surface area contributed by atoms with Gasteiger partial charge in [-0.2, -0.15) is 0 Å². The molecular formula is C17H27NO3. The molecule has 21 heavy (non-hydrogen) atoms. The molecule has 0 aromatic heterocycles. The summed E-state index contributed by atoms with van der Waals surface area (Å²) in [5.74, 6) is 6.20. The molecule has 0 aliphatic carbocycles. The van der Waals surface area contributed by atoms with Gasteiger partial charge in [0.05, 0.1) is 19.1 Å². The van der Waals surface area contributed by atoms with Gasteiger partial charge in [0, 0.05) is 19.4 Å². The lowest BCUT2D eigenvalue weighted by atomic mass is 10.0. The van der Waals surface area contributed by atoms with Crippen molar-refractivity contribution in [1.29, 1.82) is 0 Å². The van der Waals surface area contributed by atoms with Crippen molar-refractivity contribution >= 4 is 5.97 Å². The van der Waals surface area contributed by atoms with Crippen LogP contribution in [0.4, 0.5) is 0 Å². The van der Waals surface area contributed by atoms with Gasteiger partial charge in [0.1, 0.15) is 6.10 Å². The van der Waals surface area contributed by atoms with Crippen molar-refractivity contribution in [2.45, 2.75) is 51.6 Å². The number of esters is 1. The molecule has 0 spiro atoms. The van der Waals surface area contributed by atoms with Gasteiger partial charge >= 0.3 is 5.97 Å². The van der Waals surface area contributed by atoms with E-state index in [-0.39, 0.29) is 18.0 Å². The number of piperidine rings is 1. The molecule has 2 atom stereocenters. The summed E-state index contributed by atoms with van der Waals surface area (Å²) in [5, 5.41) is 0. The highest BCUT2D eigenvalue weighted by molar-refractivity contribution is 5.75. The summed E-state index contributed by atoms with van der Waals surface area (Å²) in [4.78, 5) is 14.2. The highest BCUT2D eigenvalue weighted by atomic mass is 16.6. The van der Waals surface area contributed by atoms with E-state index in [2.05, 4.69) is 23.7 Å². The van der Waals surface area contributed by atoms with Gasteiger partial charge < -0.3 is 9.47 Å². The van der Waals surface area contributed by atoms with Crippen LogP contribution in [0.5, 0.6) is 0 Å². The molecule has 0 aromatic rings. The van der Waals surface area contributed by atoms with Crippen molar-refractivity contribution in [2.24, 2.45) is 5.92 Å². The van der Waals surface area contributed by atoms with Crippen molar-refractivity contribution in [1.82, 2.24) is 4.90 Å². The largest absolute Gasteiger partial charge is 0.460 e. The highest BCUT2D eigenvalue weighted by Gasteiger charge is 2.33. The number of rotatable bonds is 6. The Hall–Kier alpha value is -1.05. The first-order chi connectivity index (χ1) is 10.3. The molecule has 2 rings (SSSR count). The van der Waals surface area contributed by atoms with Gasteiger partial charge in [-0.25, -0.2) is 0 Å². The summed E-state index contributed by atoms with van der Waals surface area (Å²) >= 11 is 0. The summed E-state index contributed by atoms with van der Waals surface area (Å²) in [6.07, 6.45) is 6.22. The Morgan fingerprint density at radius 3 is 2.86 bits per heavy atom. The van der Waals surface area contributed by atoms with Crippen LogP contribution in [0.25, 0.3) is 0 Å². The minimum Gasteiger partial charge on any atom is -0.460 e. The molecule has 0 N–H and O–H groups in total. The number of nitrogens with zero attached hydrogens (tertiary/aromatic N) is 1. The van der Waals surface area contributed by atoms with E-state index >= 15 is 0 Å². The summed E-state index contributed by atoms with van der Waals surface area (Å²) < 4.78 is 10.8. The lowest BCUT2D eigenvalue weighted by molar-refractivity contribution is -0.146. The minimum absolute atomic E-state index is 0.0610. The van der Waals surface area contributed by atoms with Crippen LogP contribution in [-0.2, 0) is 14.3 Å². The van der Waals surface area contributed by atoms with E-state index in [9.17, 15) is 4.79 Å². The van der Waals surface area contributed by atoms with Crippen LogP contribution < -0.4 is 0 Å². The van der Waals surface area contributed by atoms with E-state index < -0.39 is 0 Å². The van der Waals surface area contributed by atoms with E-state index in [4.69, 9.17) is 9.47 Å². The zero-order valence-electron chi connectivity index (χ0n) is 13.1. The average molecular weight is 293 g/mol. The van der Waals surface area contributed by atoms with E-state index in [0.29, 0.717) is 13.0 Å². The Labute approximate surface area is 128 Å². The van der Waals surface area contributed by atoms with E-state index in [1.807, 2.05) is 0 Å². The lowest BCUT2D eigenvalue weighted by Crippen LogP contribution is -2.29. The van der Waals surface area contributed by atoms with Crippen molar-refractivity contribution in [3.05, 3.63) is 0 Å². The van der Waals surface area contributed by atoms with Crippen LogP contribution in [-0.4, -0.2) is 49.8 Å². The molecule has 2 aliphatic heterocycles. The van der Waals surface area contributed by atoms with Crippen LogP contribution in [0.3, 0.4) is 0 Å². The molecule has 118 valence electrons. The van der Waals surface area contributed by atoms with Gasteiger partial charge in [-0.15, -0.1) is 5.92 Å². The van der Waals surface area contributed by atoms with Crippen molar-refractivity contribution in [2.75, 3.05) is 32.8 Å². The van der Waals surface area contributed by atoms with Gasteiger partial charge in [-0.05, 0) is 32.4 Å². The molecule has 0 bridgehead atoms. The maximum Gasteiger partial charge on any atom is 0.310 e. The third-order valence-electron chi connectivity index (χ3n) is 4.04. The second-order valence-corrected chi connectivity index (χ2v) is 5.96. The third kappa shape index (κ3) is 5.68. The molecule has 0 amide bonds. The Balaban J connectivity index is 1.65. The Bertz CT molecular complexity index is 379. The fourth-order valence-corrected chi connectivity index (χ4v) is 2.83. The molecule has 0 radical (unpaired) electrons. The predicted octanol–water partition coefficient (Wildman–Crippen LogP) is 2.22. The number of cyclic esters (lactones) is 1. The standard InChI is InChI=1S/C17H27NO3/c1-2-12-20-14-16-13-15(17(19)21-16)8-4-7-11-18-9-5-3-6-10-18/h15-16H,2-3,5-6,8-14H2,1H3. The van der Waals surface area contributed by atoms with Crippen LogP contribution in [0.1, 0.15) is 45.4 Å². The SMILES string of the molecule is CCCOCC1CC(CC#CCN2CCCCC2)C(=O)O1. The Kier molecular flexibility index (Phi) is 7.05. The molecule has 0 aromatic carbocycles. The minimum atomic E-state index is -0.104. The van der Waals surface area contributed by atoms with E-state index in [0.717, 1.165) is 39.1 Å². The molecule has 2 aliphatic rings. The Morgan fingerprint density at radius 2 is 2.10 bits per heavy atom. The first-order valence-corrected chi connectivity index (χ1v) is 8.26. The van der Waals surface area contributed by atoms with Gasteiger partial charge in [-0.1, -0.05) is 19.3 Å². The smallest absolute Gasteiger partial charge is 0.310 e. The predicted molar refractivity (Wildman–Crippen MR) is 81.8 cm³/mol. The second-order valence-electron chi connectivity index (χ2n) is 5.96. The first kappa shape index (κ1) is 16.3. The van der Waals surface area contributed by atoms with Crippen LogP contribution >= 0.6 is 0 Å². The van der Waals surface area contributed by atoms with Gasteiger partial charge in [0.15, 0.2) is 0 Å².